The summed E-state index contributed by atoms with van der Waals surface area (Å²) < 4.78 is 5.86. The van der Waals surface area contributed by atoms with Gasteiger partial charge in [-0.05, 0) is 48.7 Å². The summed E-state index contributed by atoms with van der Waals surface area (Å²) in [6.07, 6.45) is 0.675. The number of likely N-dealkylation sites (tertiary alicyclic amines) is 1. The van der Waals surface area contributed by atoms with E-state index in [4.69, 9.17) is 4.74 Å². The molecule has 2 unspecified atom stereocenters. The van der Waals surface area contributed by atoms with Gasteiger partial charge < -0.3 is 15.2 Å². The zero-order valence-electron chi connectivity index (χ0n) is 16.7. The van der Waals surface area contributed by atoms with E-state index >= 15 is 0 Å². The summed E-state index contributed by atoms with van der Waals surface area (Å²) in [5.74, 6) is 0.434. The third-order valence-corrected chi connectivity index (χ3v) is 7.45. The molecular weight excluding hydrogens is 378 g/mol. The molecule has 5 heterocycles. The normalized spacial score (nSPS) is 34.6. The SMILES string of the molecule is CC(C)(C)C1N(C(=O)O)CC1(NC(=O)O[C@H]1CN2CCC1CC2)c1cccs1. The number of carbonyl (C=O) groups is 2. The van der Waals surface area contributed by atoms with Crippen LogP contribution in [0.4, 0.5) is 9.59 Å². The molecule has 4 aliphatic rings. The zero-order valence-corrected chi connectivity index (χ0v) is 17.5. The van der Waals surface area contributed by atoms with Gasteiger partial charge in [-0.25, -0.2) is 9.59 Å². The Labute approximate surface area is 169 Å². The quantitative estimate of drug-likeness (QED) is 0.804. The molecule has 7 nitrogen and oxygen atoms in total. The highest BCUT2D eigenvalue weighted by atomic mass is 32.1. The smallest absolute Gasteiger partial charge is 0.408 e. The van der Waals surface area contributed by atoms with Crippen LogP contribution in [0.15, 0.2) is 17.5 Å². The van der Waals surface area contributed by atoms with Crippen LogP contribution < -0.4 is 5.32 Å². The molecule has 1 aromatic rings. The van der Waals surface area contributed by atoms with E-state index in [-0.39, 0.29) is 24.1 Å². The first-order valence-electron chi connectivity index (χ1n) is 9.95. The maximum atomic E-state index is 12.9. The number of nitrogens with one attached hydrogen (secondary N) is 1. The molecular formula is C20H29N3O4S. The molecule has 5 rings (SSSR count). The third-order valence-electron chi connectivity index (χ3n) is 6.40. The second-order valence-electron chi connectivity index (χ2n) is 9.33. The van der Waals surface area contributed by atoms with E-state index < -0.39 is 17.7 Å². The van der Waals surface area contributed by atoms with Crippen LogP contribution in [0.1, 0.15) is 38.5 Å². The summed E-state index contributed by atoms with van der Waals surface area (Å²) in [7, 11) is 0. The van der Waals surface area contributed by atoms with E-state index in [0.717, 1.165) is 37.4 Å². The van der Waals surface area contributed by atoms with E-state index in [1.54, 1.807) is 11.3 Å². The minimum Gasteiger partial charge on any atom is -0.465 e. The molecule has 2 bridgehead atoms. The molecule has 0 radical (unpaired) electrons. The number of piperidine rings is 3. The first-order valence-corrected chi connectivity index (χ1v) is 10.8. The lowest BCUT2D eigenvalue weighted by molar-refractivity contribution is -0.0809. The number of ether oxygens (including phenoxy) is 1. The maximum absolute atomic E-state index is 12.9. The van der Waals surface area contributed by atoms with Gasteiger partial charge in [0, 0.05) is 11.4 Å². The van der Waals surface area contributed by atoms with Crippen molar-refractivity contribution in [2.75, 3.05) is 26.2 Å². The van der Waals surface area contributed by atoms with Crippen molar-refractivity contribution in [3.05, 3.63) is 22.4 Å². The number of rotatable bonds is 3. The highest BCUT2D eigenvalue weighted by Gasteiger charge is 2.62. The third kappa shape index (κ3) is 3.26. The molecule has 0 saturated carbocycles. The predicted octanol–water partition coefficient (Wildman–Crippen LogP) is 3.17. The topological polar surface area (TPSA) is 82.1 Å². The number of hydrogen-bond donors (Lipinski definition) is 2. The molecule has 154 valence electrons. The molecule has 0 aliphatic carbocycles. The molecule has 0 aromatic carbocycles. The van der Waals surface area contributed by atoms with Crippen molar-refractivity contribution < 1.29 is 19.4 Å². The van der Waals surface area contributed by atoms with Crippen LogP contribution in [-0.4, -0.2) is 65.4 Å². The van der Waals surface area contributed by atoms with Crippen molar-refractivity contribution in [3.8, 4) is 0 Å². The molecule has 3 atom stereocenters. The number of amides is 2. The zero-order chi connectivity index (χ0) is 20.1. The van der Waals surface area contributed by atoms with Crippen molar-refractivity contribution in [1.82, 2.24) is 15.1 Å². The Morgan fingerprint density at radius 2 is 2.04 bits per heavy atom. The monoisotopic (exact) mass is 407 g/mol. The first kappa shape index (κ1) is 19.5. The van der Waals surface area contributed by atoms with Gasteiger partial charge in [0.1, 0.15) is 11.6 Å². The number of alkyl carbamates (subject to hydrolysis) is 1. The van der Waals surface area contributed by atoms with E-state index in [2.05, 4.69) is 10.2 Å². The van der Waals surface area contributed by atoms with Crippen molar-refractivity contribution in [2.24, 2.45) is 11.3 Å². The molecule has 2 amide bonds. The number of thiophene rings is 1. The van der Waals surface area contributed by atoms with Crippen LogP contribution in [0.3, 0.4) is 0 Å². The van der Waals surface area contributed by atoms with Gasteiger partial charge in [-0.15, -0.1) is 11.3 Å². The molecule has 4 aliphatic heterocycles. The van der Waals surface area contributed by atoms with Gasteiger partial charge in [0.2, 0.25) is 0 Å². The van der Waals surface area contributed by atoms with E-state index in [9.17, 15) is 14.7 Å². The number of carbonyl (C=O) groups excluding carboxylic acids is 1. The van der Waals surface area contributed by atoms with E-state index in [1.807, 2.05) is 38.3 Å². The number of hydrogen-bond acceptors (Lipinski definition) is 5. The van der Waals surface area contributed by atoms with Crippen molar-refractivity contribution in [3.63, 3.8) is 0 Å². The Bertz CT molecular complexity index is 739. The Kier molecular flexibility index (Phi) is 4.82. The Balaban J connectivity index is 1.56. The average Bonchev–Trinajstić information content (AvgIpc) is 3.12. The minimum absolute atomic E-state index is 0.0772. The highest BCUT2D eigenvalue weighted by molar-refractivity contribution is 7.10. The molecule has 4 fully saturated rings. The van der Waals surface area contributed by atoms with Crippen LogP contribution >= 0.6 is 11.3 Å². The van der Waals surface area contributed by atoms with E-state index in [1.165, 1.54) is 4.90 Å². The number of fused-ring (bicyclic) bond motifs is 3. The minimum atomic E-state index is -0.959. The maximum Gasteiger partial charge on any atom is 0.408 e. The second kappa shape index (κ2) is 6.91. The number of carboxylic acid groups (broad SMARTS) is 1. The van der Waals surface area contributed by atoms with Crippen molar-refractivity contribution in [2.45, 2.75) is 51.3 Å². The molecule has 4 saturated heterocycles. The molecule has 8 heteroatoms. The Hall–Kier alpha value is -1.80. The first-order chi connectivity index (χ1) is 13.2. The standard InChI is InChI=1S/C20H29N3O4S/c1-19(2,3)16-20(12-23(16)18(25)26,15-5-4-10-28-15)21-17(24)27-14-11-22-8-6-13(14)7-9-22/h4-5,10,13-14,16H,6-9,11-12H2,1-3H3,(H,21,24)(H,25,26)/t14-,16?,20?/m0/s1. The summed E-state index contributed by atoms with van der Waals surface area (Å²) in [6, 6.07) is 3.54. The lowest BCUT2D eigenvalue weighted by atomic mass is 9.66. The fraction of sp³-hybridized carbons (Fsp3) is 0.700. The van der Waals surface area contributed by atoms with E-state index in [0.29, 0.717) is 5.92 Å². The molecule has 28 heavy (non-hydrogen) atoms. The van der Waals surface area contributed by atoms with Crippen LogP contribution in [0.5, 0.6) is 0 Å². The van der Waals surface area contributed by atoms with Crippen molar-refractivity contribution in [1.29, 1.82) is 0 Å². The second-order valence-corrected chi connectivity index (χ2v) is 10.3. The summed E-state index contributed by atoms with van der Waals surface area (Å²) >= 11 is 1.54. The van der Waals surface area contributed by atoms with Gasteiger partial charge in [0.05, 0.1) is 12.6 Å². The summed E-state index contributed by atoms with van der Waals surface area (Å²) in [5, 5.41) is 14.7. The Morgan fingerprint density at radius 3 is 2.54 bits per heavy atom. The van der Waals surface area contributed by atoms with Gasteiger partial charge in [-0.1, -0.05) is 26.8 Å². The molecule has 2 N–H and O–H groups in total. The number of nitrogens with zero attached hydrogens (tertiary/aromatic N) is 2. The van der Waals surface area contributed by atoms with Gasteiger partial charge in [0.25, 0.3) is 0 Å². The predicted molar refractivity (Wildman–Crippen MR) is 107 cm³/mol. The van der Waals surface area contributed by atoms with Gasteiger partial charge in [-0.3, -0.25) is 9.80 Å². The highest BCUT2D eigenvalue weighted by Crippen LogP contribution is 2.48. The van der Waals surface area contributed by atoms with Gasteiger partial charge in [0.15, 0.2) is 0 Å². The Morgan fingerprint density at radius 1 is 1.32 bits per heavy atom. The van der Waals surface area contributed by atoms with Crippen LogP contribution in [0.25, 0.3) is 0 Å². The largest absolute Gasteiger partial charge is 0.465 e. The van der Waals surface area contributed by atoms with Gasteiger partial charge >= 0.3 is 12.2 Å². The van der Waals surface area contributed by atoms with Gasteiger partial charge in [-0.2, -0.15) is 0 Å². The van der Waals surface area contributed by atoms with Crippen LogP contribution in [-0.2, 0) is 10.3 Å². The van der Waals surface area contributed by atoms with Crippen LogP contribution in [0, 0.1) is 11.3 Å². The fourth-order valence-corrected chi connectivity index (χ4v) is 6.19. The lowest BCUT2D eigenvalue weighted by Gasteiger charge is -2.60. The fourth-order valence-electron chi connectivity index (χ4n) is 5.29. The summed E-state index contributed by atoms with van der Waals surface area (Å²) in [4.78, 5) is 29.4. The van der Waals surface area contributed by atoms with Crippen LogP contribution in [0.2, 0.25) is 0 Å². The molecule has 1 aromatic heterocycles. The molecule has 0 spiro atoms. The van der Waals surface area contributed by atoms with Crippen molar-refractivity contribution >= 4 is 23.5 Å². The average molecular weight is 408 g/mol. The summed E-state index contributed by atoms with van der Waals surface area (Å²) in [5.41, 5.74) is -1.10. The summed E-state index contributed by atoms with van der Waals surface area (Å²) in [6.45, 7) is 9.24. The lowest BCUT2D eigenvalue weighted by Crippen LogP contribution is -2.78.